The maximum atomic E-state index is 5.91. The van der Waals surface area contributed by atoms with Crippen LogP contribution in [0, 0.1) is 0 Å². The molecule has 28 heavy (non-hydrogen) atoms. The molecule has 2 aliphatic heterocycles. The molecule has 0 bridgehead atoms. The van der Waals surface area contributed by atoms with Crippen LogP contribution in [0.5, 0.6) is 11.5 Å². The maximum Gasteiger partial charge on any atom is 0.161 e. The Kier molecular flexibility index (Phi) is 10.00. The number of fused-ring (bicyclic) bond motifs is 1. The fourth-order valence-electron chi connectivity index (χ4n) is 4.14. The minimum atomic E-state index is 0.0137. The van der Waals surface area contributed by atoms with Crippen LogP contribution in [0.2, 0.25) is 0 Å². The molecule has 1 aromatic rings. The number of likely N-dealkylation sites (tertiary alicyclic amines) is 1. The molecule has 0 N–H and O–H groups in total. The van der Waals surface area contributed by atoms with Crippen molar-refractivity contribution >= 4 is 0 Å². The number of hydrogen-bond donors (Lipinski definition) is 0. The third-order valence-electron chi connectivity index (χ3n) is 5.83. The molecule has 1 saturated heterocycles. The minimum absolute atomic E-state index is 0.0137. The van der Waals surface area contributed by atoms with Crippen LogP contribution in [0.1, 0.15) is 70.6 Å². The number of ether oxygens (including phenoxy) is 3. The molecular weight excluding hydrogens is 350 g/mol. The quantitative estimate of drug-likeness (QED) is 0.420. The Balaban J connectivity index is 1.07. The van der Waals surface area contributed by atoms with Gasteiger partial charge >= 0.3 is 0 Å². The van der Waals surface area contributed by atoms with E-state index in [0.29, 0.717) is 13.2 Å². The van der Waals surface area contributed by atoms with Crippen LogP contribution < -0.4 is 9.47 Å². The average Bonchev–Trinajstić information content (AvgIpc) is 2.75. The van der Waals surface area contributed by atoms with Gasteiger partial charge in [0.25, 0.3) is 0 Å². The highest BCUT2D eigenvalue weighted by molar-refractivity contribution is 5.40. The summed E-state index contributed by atoms with van der Waals surface area (Å²) < 4.78 is 17.4. The molecule has 0 amide bonds. The maximum absolute atomic E-state index is 5.91. The number of nitrogens with zero attached hydrogens (tertiary/aromatic N) is 1. The van der Waals surface area contributed by atoms with Gasteiger partial charge in [-0.1, -0.05) is 57.1 Å². The van der Waals surface area contributed by atoms with E-state index in [1.165, 1.54) is 83.8 Å². The normalized spacial score (nSPS) is 19.6. The third-order valence-corrected chi connectivity index (χ3v) is 5.83. The summed E-state index contributed by atoms with van der Waals surface area (Å²) in [6.45, 7) is 6.04. The Hall–Kier alpha value is -1.26. The summed E-state index contributed by atoms with van der Waals surface area (Å²) in [5.41, 5.74) is 0. The highest BCUT2D eigenvalue weighted by atomic mass is 16.6. The van der Waals surface area contributed by atoms with E-state index in [0.717, 1.165) is 24.5 Å². The van der Waals surface area contributed by atoms with Crippen LogP contribution in [0.25, 0.3) is 0 Å². The molecule has 0 aliphatic carbocycles. The largest absolute Gasteiger partial charge is 0.486 e. The minimum Gasteiger partial charge on any atom is -0.486 e. The van der Waals surface area contributed by atoms with Crippen molar-refractivity contribution in [3.63, 3.8) is 0 Å². The Bertz CT molecular complexity index is 530. The number of unbranched alkanes of at least 4 members (excludes halogenated alkanes) is 7. The Morgan fingerprint density at radius 2 is 1.50 bits per heavy atom. The molecule has 2 heterocycles. The van der Waals surface area contributed by atoms with Crippen LogP contribution in [-0.2, 0) is 4.74 Å². The standard InChI is InChI=1S/C24H39NO3/c1(3-5-10-16-25-17-11-7-12-18-25)2-4-6-13-19-26-20-22-21-27-23-14-8-9-15-24(23)28-22/h8-9,14-15,22H,1-7,10-13,16-21H2/t22-/m1/s1. The first-order chi connectivity index (χ1) is 13.9. The van der Waals surface area contributed by atoms with Gasteiger partial charge in [0.1, 0.15) is 6.61 Å². The molecule has 3 rings (SSSR count). The first-order valence-corrected chi connectivity index (χ1v) is 11.6. The lowest BCUT2D eigenvalue weighted by molar-refractivity contribution is 0.00778. The molecule has 4 heteroatoms. The zero-order valence-corrected chi connectivity index (χ0v) is 17.6. The van der Waals surface area contributed by atoms with Crippen molar-refractivity contribution in [3.8, 4) is 11.5 Å². The van der Waals surface area contributed by atoms with Gasteiger partial charge in [0.15, 0.2) is 17.6 Å². The van der Waals surface area contributed by atoms with Gasteiger partial charge in [-0.15, -0.1) is 0 Å². The van der Waals surface area contributed by atoms with Gasteiger partial charge in [0.2, 0.25) is 0 Å². The molecule has 0 radical (unpaired) electrons. The summed E-state index contributed by atoms with van der Waals surface area (Å²) in [6.07, 6.45) is 15.0. The molecule has 0 saturated carbocycles. The Morgan fingerprint density at radius 1 is 0.821 bits per heavy atom. The molecule has 0 unspecified atom stereocenters. The van der Waals surface area contributed by atoms with Crippen LogP contribution >= 0.6 is 0 Å². The highest BCUT2D eigenvalue weighted by Gasteiger charge is 2.20. The first-order valence-electron chi connectivity index (χ1n) is 11.6. The predicted molar refractivity (Wildman–Crippen MR) is 114 cm³/mol. The van der Waals surface area contributed by atoms with E-state index in [9.17, 15) is 0 Å². The Labute approximate surface area is 171 Å². The average molecular weight is 390 g/mol. The van der Waals surface area contributed by atoms with Gasteiger partial charge in [-0.05, 0) is 57.5 Å². The summed E-state index contributed by atoms with van der Waals surface area (Å²) in [6, 6.07) is 7.84. The predicted octanol–water partition coefficient (Wildman–Crippen LogP) is 5.45. The van der Waals surface area contributed by atoms with Gasteiger partial charge in [0, 0.05) is 6.61 Å². The SMILES string of the molecule is c1ccc2c(c1)OC[C@@H](COCCCCCCCCCCN1CCCCC1)O2. The second-order valence-electron chi connectivity index (χ2n) is 8.30. The lowest BCUT2D eigenvalue weighted by Crippen LogP contribution is -2.33. The highest BCUT2D eigenvalue weighted by Crippen LogP contribution is 2.30. The van der Waals surface area contributed by atoms with Crippen LogP contribution in [-0.4, -0.2) is 50.5 Å². The van der Waals surface area contributed by atoms with Crippen molar-refractivity contribution in [2.75, 3.05) is 39.5 Å². The van der Waals surface area contributed by atoms with Crippen molar-refractivity contribution in [1.29, 1.82) is 0 Å². The summed E-state index contributed by atoms with van der Waals surface area (Å²) in [7, 11) is 0. The molecule has 1 atom stereocenters. The van der Waals surface area contributed by atoms with Gasteiger partial charge in [-0.25, -0.2) is 0 Å². The van der Waals surface area contributed by atoms with Crippen LogP contribution in [0.3, 0.4) is 0 Å². The second kappa shape index (κ2) is 13.1. The number of rotatable bonds is 13. The Morgan fingerprint density at radius 3 is 2.29 bits per heavy atom. The smallest absolute Gasteiger partial charge is 0.161 e. The third kappa shape index (κ3) is 8.00. The van der Waals surface area contributed by atoms with E-state index in [-0.39, 0.29) is 6.10 Å². The van der Waals surface area contributed by atoms with Crippen molar-refractivity contribution in [2.24, 2.45) is 0 Å². The van der Waals surface area contributed by atoms with Crippen LogP contribution in [0.4, 0.5) is 0 Å². The number of hydrogen-bond acceptors (Lipinski definition) is 4. The zero-order valence-electron chi connectivity index (χ0n) is 17.6. The number of piperidine rings is 1. The van der Waals surface area contributed by atoms with Crippen molar-refractivity contribution in [1.82, 2.24) is 4.90 Å². The fourth-order valence-corrected chi connectivity index (χ4v) is 4.14. The molecule has 1 aromatic carbocycles. The first kappa shape index (κ1) is 21.4. The second-order valence-corrected chi connectivity index (χ2v) is 8.30. The number of para-hydroxylation sites is 2. The van der Waals surface area contributed by atoms with Gasteiger partial charge in [-0.2, -0.15) is 0 Å². The van der Waals surface area contributed by atoms with Crippen molar-refractivity contribution in [3.05, 3.63) is 24.3 Å². The summed E-state index contributed by atoms with van der Waals surface area (Å²) in [5.74, 6) is 1.67. The zero-order chi connectivity index (χ0) is 19.3. The van der Waals surface area contributed by atoms with E-state index in [2.05, 4.69) is 4.90 Å². The van der Waals surface area contributed by atoms with E-state index < -0.39 is 0 Å². The molecule has 0 spiro atoms. The van der Waals surface area contributed by atoms with Gasteiger partial charge in [0.05, 0.1) is 6.61 Å². The van der Waals surface area contributed by atoms with Crippen molar-refractivity contribution < 1.29 is 14.2 Å². The van der Waals surface area contributed by atoms with Gasteiger partial charge < -0.3 is 19.1 Å². The van der Waals surface area contributed by atoms with E-state index >= 15 is 0 Å². The summed E-state index contributed by atoms with van der Waals surface area (Å²) >= 11 is 0. The molecule has 4 nitrogen and oxygen atoms in total. The molecule has 1 fully saturated rings. The van der Waals surface area contributed by atoms with Crippen molar-refractivity contribution in [2.45, 2.75) is 76.7 Å². The molecular formula is C24H39NO3. The summed E-state index contributed by atoms with van der Waals surface area (Å²) in [5, 5.41) is 0. The van der Waals surface area contributed by atoms with E-state index in [1.807, 2.05) is 24.3 Å². The fraction of sp³-hybridized carbons (Fsp3) is 0.750. The topological polar surface area (TPSA) is 30.9 Å². The molecule has 2 aliphatic rings. The molecule has 0 aromatic heterocycles. The lowest BCUT2D eigenvalue weighted by atomic mass is 10.1. The van der Waals surface area contributed by atoms with Crippen LogP contribution in [0.15, 0.2) is 24.3 Å². The van der Waals surface area contributed by atoms with Gasteiger partial charge in [-0.3, -0.25) is 0 Å². The monoisotopic (exact) mass is 389 g/mol. The van der Waals surface area contributed by atoms with E-state index in [1.54, 1.807) is 0 Å². The molecule has 158 valence electrons. The lowest BCUT2D eigenvalue weighted by Gasteiger charge is -2.26. The number of benzene rings is 1. The summed E-state index contributed by atoms with van der Waals surface area (Å²) in [4.78, 5) is 2.66. The van der Waals surface area contributed by atoms with E-state index in [4.69, 9.17) is 14.2 Å².